The first-order chi connectivity index (χ1) is 18.0. The molecule has 0 saturated heterocycles. The highest BCUT2D eigenvalue weighted by Gasteiger charge is 2.19. The number of hydrogen-bond donors (Lipinski definition) is 1. The Balaban J connectivity index is 2.24. The lowest BCUT2D eigenvalue weighted by atomic mass is 10.1. The van der Waals surface area contributed by atoms with E-state index in [9.17, 15) is 9.59 Å². The molecule has 2 bridgehead atoms. The number of aryl methyl sites for hydroxylation is 1. The minimum Gasteiger partial charge on any atom is -0.461 e. The average Bonchev–Trinajstić information content (AvgIpc) is 3.27. The third-order valence-electron chi connectivity index (χ3n) is 5.87. The van der Waals surface area contributed by atoms with E-state index in [2.05, 4.69) is 24.0 Å². The SMILES string of the molecule is CC(/C=C/C(C)=C/C1Cc2nc(cs2)CCCC(N)C(=O)OC(C)C/C(C)=C/C=C\C(=O)O1)=C\CN(C)C. The lowest BCUT2D eigenvalue weighted by molar-refractivity contribution is -0.150. The van der Waals surface area contributed by atoms with Gasteiger partial charge in [0.25, 0.3) is 0 Å². The van der Waals surface area contributed by atoms with Gasteiger partial charge in [0.15, 0.2) is 0 Å². The van der Waals surface area contributed by atoms with E-state index in [1.165, 1.54) is 11.6 Å². The molecule has 1 aliphatic heterocycles. The number of likely N-dealkylation sites (N-methyl/N-ethyl adjacent to an activating group) is 1. The molecule has 0 aromatic carbocycles. The summed E-state index contributed by atoms with van der Waals surface area (Å²) < 4.78 is 11.3. The van der Waals surface area contributed by atoms with Crippen LogP contribution in [0.3, 0.4) is 0 Å². The van der Waals surface area contributed by atoms with Crippen molar-refractivity contribution in [2.24, 2.45) is 5.73 Å². The number of aromatic nitrogens is 1. The van der Waals surface area contributed by atoms with Crippen molar-refractivity contribution in [3.63, 3.8) is 0 Å². The van der Waals surface area contributed by atoms with Crippen LogP contribution >= 0.6 is 11.3 Å². The Bertz CT molecular complexity index is 1080. The summed E-state index contributed by atoms with van der Waals surface area (Å²) in [5.74, 6) is -0.807. The number of fused-ring (bicyclic) bond motifs is 2. The van der Waals surface area contributed by atoms with Crippen LogP contribution in [0, 0.1) is 0 Å². The summed E-state index contributed by atoms with van der Waals surface area (Å²) in [7, 11) is 4.07. The van der Waals surface area contributed by atoms with Gasteiger partial charge >= 0.3 is 11.9 Å². The standard InChI is InChI=1S/C30H43N3O4S/c1-21(15-16-33(5)6)13-14-23(3)18-26-19-28-32-25(20-38-28)10-8-11-27(31)30(35)36-24(4)17-22(2)9-7-12-29(34)37-26/h7,9,12-15,18,20,24,26-27H,8,10-11,16-17,19,31H2,1-6H3/b12-7-,14-13+,21-15+,22-9+,23-18+. The number of cyclic esters (lactones) is 2. The predicted molar refractivity (Wildman–Crippen MR) is 155 cm³/mol. The maximum Gasteiger partial charge on any atom is 0.331 e. The third kappa shape index (κ3) is 12.6. The summed E-state index contributed by atoms with van der Waals surface area (Å²) in [4.78, 5) is 31.8. The second-order valence-corrected chi connectivity index (χ2v) is 11.1. The number of carbonyl (C=O) groups is 2. The molecule has 0 saturated carbocycles. The number of esters is 2. The van der Waals surface area contributed by atoms with E-state index in [0.717, 1.165) is 41.2 Å². The smallest absolute Gasteiger partial charge is 0.331 e. The molecule has 0 aliphatic carbocycles. The second kappa shape index (κ2) is 16.2. The van der Waals surface area contributed by atoms with Crippen molar-refractivity contribution in [3.05, 3.63) is 75.3 Å². The van der Waals surface area contributed by atoms with E-state index in [0.29, 0.717) is 19.3 Å². The number of rotatable bonds is 5. The van der Waals surface area contributed by atoms with Gasteiger partial charge in [-0.05, 0) is 67.1 Å². The summed E-state index contributed by atoms with van der Waals surface area (Å²) in [5.41, 5.74) is 10.2. The fraction of sp³-hybridized carbons (Fsp3) is 0.500. The maximum atomic E-state index is 12.6. The molecule has 8 heteroatoms. The number of nitrogens with two attached hydrogens (primary N) is 1. The van der Waals surface area contributed by atoms with Crippen LogP contribution in [0.1, 0.15) is 57.7 Å². The van der Waals surface area contributed by atoms with Gasteiger partial charge in [0.1, 0.15) is 18.2 Å². The summed E-state index contributed by atoms with van der Waals surface area (Å²) in [5, 5.41) is 2.91. The molecule has 3 unspecified atom stereocenters. The largest absolute Gasteiger partial charge is 0.461 e. The van der Waals surface area contributed by atoms with Gasteiger partial charge in [0, 0.05) is 30.8 Å². The van der Waals surface area contributed by atoms with Crippen LogP contribution in [-0.2, 0) is 31.9 Å². The van der Waals surface area contributed by atoms with Gasteiger partial charge in [-0.15, -0.1) is 11.3 Å². The van der Waals surface area contributed by atoms with Crippen molar-refractivity contribution in [1.29, 1.82) is 0 Å². The van der Waals surface area contributed by atoms with E-state index in [-0.39, 0.29) is 12.1 Å². The highest BCUT2D eigenvalue weighted by atomic mass is 32.1. The molecule has 1 aliphatic rings. The van der Waals surface area contributed by atoms with Gasteiger partial charge in [-0.25, -0.2) is 9.78 Å². The third-order valence-corrected chi connectivity index (χ3v) is 6.79. The predicted octanol–water partition coefficient (Wildman–Crippen LogP) is 5.10. The lowest BCUT2D eigenvalue weighted by Gasteiger charge is -2.17. The van der Waals surface area contributed by atoms with Crippen LogP contribution in [0.5, 0.6) is 0 Å². The number of carbonyl (C=O) groups excluding carboxylic acids is 2. The van der Waals surface area contributed by atoms with Gasteiger partial charge in [-0.2, -0.15) is 0 Å². The minimum atomic E-state index is -0.653. The molecule has 0 amide bonds. The molecule has 0 fully saturated rings. The molecule has 2 rings (SSSR count). The molecule has 1 aromatic heterocycles. The summed E-state index contributed by atoms with van der Waals surface area (Å²) >= 11 is 1.55. The van der Waals surface area contributed by atoms with Gasteiger partial charge in [-0.3, -0.25) is 4.79 Å². The normalized spacial score (nSPS) is 25.7. The fourth-order valence-electron chi connectivity index (χ4n) is 3.82. The summed E-state index contributed by atoms with van der Waals surface area (Å²) in [6, 6.07) is -0.653. The molecular weight excluding hydrogens is 498 g/mol. The Kier molecular flexibility index (Phi) is 13.4. The first-order valence-corrected chi connectivity index (χ1v) is 14.0. The fourth-order valence-corrected chi connectivity index (χ4v) is 4.69. The zero-order valence-corrected chi connectivity index (χ0v) is 24.4. The molecule has 2 N–H and O–H groups in total. The van der Waals surface area contributed by atoms with Crippen LogP contribution in [0.15, 0.2) is 64.6 Å². The van der Waals surface area contributed by atoms with E-state index in [4.69, 9.17) is 20.2 Å². The van der Waals surface area contributed by atoms with Crippen molar-refractivity contribution >= 4 is 23.3 Å². The summed E-state index contributed by atoms with van der Waals surface area (Å²) in [6.45, 7) is 8.71. The van der Waals surface area contributed by atoms with E-state index >= 15 is 0 Å². The molecular formula is C30H43N3O4S. The van der Waals surface area contributed by atoms with Crippen molar-refractivity contribution in [2.45, 2.75) is 78.0 Å². The summed E-state index contributed by atoms with van der Waals surface area (Å²) in [6.07, 6.45) is 15.4. The molecule has 1 aromatic rings. The minimum absolute atomic E-state index is 0.305. The van der Waals surface area contributed by atoms with Gasteiger partial charge < -0.3 is 20.1 Å². The molecule has 0 radical (unpaired) electrons. The Labute approximate surface area is 231 Å². The highest BCUT2D eigenvalue weighted by Crippen LogP contribution is 2.18. The Morgan fingerprint density at radius 2 is 1.92 bits per heavy atom. The number of nitrogens with zero attached hydrogens (tertiary/aromatic N) is 2. The zero-order chi connectivity index (χ0) is 28.1. The molecule has 38 heavy (non-hydrogen) atoms. The van der Waals surface area contributed by atoms with Crippen LogP contribution in [0.2, 0.25) is 0 Å². The zero-order valence-electron chi connectivity index (χ0n) is 23.6. The van der Waals surface area contributed by atoms with Crippen molar-refractivity contribution in [2.75, 3.05) is 20.6 Å². The Hall–Kier alpha value is -2.81. The topological polar surface area (TPSA) is 94.8 Å². The van der Waals surface area contributed by atoms with Crippen LogP contribution in [0.4, 0.5) is 0 Å². The van der Waals surface area contributed by atoms with E-state index in [1.807, 2.05) is 58.5 Å². The molecule has 3 atom stereocenters. The molecule has 0 spiro atoms. The van der Waals surface area contributed by atoms with Gasteiger partial charge in [-0.1, -0.05) is 47.1 Å². The maximum absolute atomic E-state index is 12.6. The molecule has 208 valence electrons. The number of hydrogen-bond acceptors (Lipinski definition) is 8. The number of allylic oxidation sites excluding steroid dienone is 6. The molecule has 7 nitrogen and oxygen atoms in total. The van der Waals surface area contributed by atoms with Crippen LogP contribution in [-0.4, -0.2) is 60.7 Å². The van der Waals surface area contributed by atoms with Crippen molar-refractivity contribution in [1.82, 2.24) is 9.88 Å². The second-order valence-electron chi connectivity index (χ2n) is 10.2. The van der Waals surface area contributed by atoms with Crippen LogP contribution < -0.4 is 5.73 Å². The highest BCUT2D eigenvalue weighted by molar-refractivity contribution is 7.09. The Morgan fingerprint density at radius 3 is 2.66 bits per heavy atom. The first-order valence-electron chi connectivity index (χ1n) is 13.1. The van der Waals surface area contributed by atoms with E-state index < -0.39 is 18.1 Å². The monoisotopic (exact) mass is 541 g/mol. The van der Waals surface area contributed by atoms with Gasteiger partial charge in [0.05, 0.1) is 10.7 Å². The molecule has 2 heterocycles. The van der Waals surface area contributed by atoms with E-state index in [1.54, 1.807) is 17.4 Å². The lowest BCUT2D eigenvalue weighted by Crippen LogP contribution is -2.34. The number of ether oxygens (including phenoxy) is 2. The van der Waals surface area contributed by atoms with Gasteiger partial charge in [0.2, 0.25) is 0 Å². The van der Waals surface area contributed by atoms with Crippen molar-refractivity contribution < 1.29 is 19.1 Å². The quantitative estimate of drug-likeness (QED) is 0.410. The Morgan fingerprint density at radius 1 is 1.18 bits per heavy atom. The number of thiazole rings is 1. The first kappa shape index (κ1) is 31.4. The van der Waals surface area contributed by atoms with Crippen LogP contribution in [0.25, 0.3) is 0 Å². The average molecular weight is 542 g/mol. The van der Waals surface area contributed by atoms with Crippen molar-refractivity contribution in [3.8, 4) is 0 Å².